The van der Waals surface area contributed by atoms with Crippen LogP contribution < -0.4 is 3.28 Å². The summed E-state index contributed by atoms with van der Waals surface area (Å²) in [7, 11) is 1.64. The molecular formula is C7H8INO. The van der Waals surface area contributed by atoms with Gasteiger partial charge in [0.05, 0.1) is 35.7 Å². The van der Waals surface area contributed by atoms with E-state index in [-0.39, 0.29) is 0 Å². The van der Waals surface area contributed by atoms with Gasteiger partial charge in [0.1, 0.15) is 0 Å². The zero-order valence-electron chi connectivity index (χ0n) is 5.62. The van der Waals surface area contributed by atoms with Gasteiger partial charge >= 0.3 is 0 Å². The molecule has 0 aliphatic rings. The number of hydrogen-bond acceptors (Lipinski definition) is 2. The second-order valence-electron chi connectivity index (χ2n) is 1.76. The van der Waals surface area contributed by atoms with Crippen LogP contribution >= 0.6 is 22.9 Å². The van der Waals surface area contributed by atoms with Crippen molar-refractivity contribution in [3.05, 3.63) is 30.3 Å². The van der Waals surface area contributed by atoms with Gasteiger partial charge < -0.3 is 0 Å². The lowest BCUT2D eigenvalue weighted by Crippen LogP contribution is -2.05. The Morgan fingerprint density at radius 1 is 1.30 bits per heavy atom. The fourth-order valence-corrected chi connectivity index (χ4v) is 0.972. The molecule has 3 heteroatoms. The van der Waals surface area contributed by atoms with E-state index >= 15 is 0 Å². The Morgan fingerprint density at radius 3 is 2.40 bits per heavy atom. The Kier molecular flexibility index (Phi) is 2.95. The van der Waals surface area contributed by atoms with E-state index in [9.17, 15) is 0 Å². The van der Waals surface area contributed by atoms with Crippen LogP contribution in [0.2, 0.25) is 0 Å². The Bertz CT molecular complexity index is 190. The average molecular weight is 249 g/mol. The fourth-order valence-electron chi connectivity index (χ4n) is 0.651. The minimum Gasteiger partial charge on any atom is -0.267 e. The molecule has 2 nitrogen and oxygen atoms in total. The lowest BCUT2D eigenvalue weighted by atomic mass is 10.3. The van der Waals surface area contributed by atoms with Gasteiger partial charge in [-0.3, -0.25) is 4.84 Å². The van der Waals surface area contributed by atoms with Crippen molar-refractivity contribution in [1.29, 1.82) is 0 Å². The zero-order chi connectivity index (χ0) is 7.40. The third-order valence-electron chi connectivity index (χ3n) is 1.12. The van der Waals surface area contributed by atoms with Crippen LogP contribution in [0.25, 0.3) is 0 Å². The molecule has 0 saturated carbocycles. The molecule has 0 aliphatic heterocycles. The Balaban J connectivity index is 2.75. The number of para-hydroxylation sites is 1. The molecule has 0 amide bonds. The van der Waals surface area contributed by atoms with Gasteiger partial charge in [-0.1, -0.05) is 18.2 Å². The molecule has 0 spiro atoms. The summed E-state index contributed by atoms with van der Waals surface area (Å²) in [4.78, 5) is 4.96. The molecule has 0 aromatic heterocycles. The SMILES string of the molecule is CON(I)c1ccccc1. The van der Waals surface area contributed by atoms with Gasteiger partial charge in [0.2, 0.25) is 0 Å². The van der Waals surface area contributed by atoms with Gasteiger partial charge in [0.25, 0.3) is 0 Å². The average Bonchev–Trinajstić information content (AvgIpc) is 2.05. The van der Waals surface area contributed by atoms with Crippen molar-refractivity contribution < 1.29 is 4.84 Å². The first-order valence-electron chi connectivity index (χ1n) is 2.89. The summed E-state index contributed by atoms with van der Waals surface area (Å²) in [5, 5.41) is 0. The van der Waals surface area contributed by atoms with Gasteiger partial charge in [-0.05, 0) is 12.1 Å². The summed E-state index contributed by atoms with van der Waals surface area (Å²) in [6.07, 6.45) is 0. The molecule has 0 radical (unpaired) electrons. The normalized spacial score (nSPS) is 9.40. The van der Waals surface area contributed by atoms with Crippen molar-refractivity contribution in [2.45, 2.75) is 0 Å². The van der Waals surface area contributed by atoms with E-state index in [0.29, 0.717) is 0 Å². The molecule has 1 rings (SSSR count). The third kappa shape index (κ3) is 1.85. The monoisotopic (exact) mass is 249 g/mol. The predicted octanol–water partition coefficient (Wildman–Crippen LogP) is 2.40. The van der Waals surface area contributed by atoms with Crippen LogP contribution in [0.15, 0.2) is 30.3 Å². The number of benzene rings is 1. The van der Waals surface area contributed by atoms with Crippen LogP contribution in [-0.2, 0) is 4.84 Å². The Labute approximate surface area is 74.2 Å². The maximum Gasteiger partial charge on any atom is 0.0905 e. The molecule has 0 fully saturated rings. The van der Waals surface area contributed by atoms with Crippen LogP contribution in [0.3, 0.4) is 0 Å². The van der Waals surface area contributed by atoms with Gasteiger partial charge in [0, 0.05) is 0 Å². The first-order chi connectivity index (χ1) is 4.84. The maximum atomic E-state index is 4.96. The summed E-state index contributed by atoms with van der Waals surface area (Å²) in [5.74, 6) is 0. The largest absolute Gasteiger partial charge is 0.267 e. The van der Waals surface area contributed by atoms with Crippen LogP contribution in [0.5, 0.6) is 0 Å². The molecule has 0 unspecified atom stereocenters. The Hall–Kier alpha value is -0.290. The molecule has 0 saturated heterocycles. The molecule has 1 aromatic rings. The fraction of sp³-hybridized carbons (Fsp3) is 0.143. The molecule has 1 aromatic carbocycles. The highest BCUT2D eigenvalue weighted by Crippen LogP contribution is 2.16. The van der Waals surface area contributed by atoms with Crippen LogP contribution in [0.4, 0.5) is 5.69 Å². The topological polar surface area (TPSA) is 12.5 Å². The van der Waals surface area contributed by atoms with Gasteiger partial charge in [-0.15, -0.1) is 0 Å². The molecule has 0 N–H and O–H groups in total. The minimum absolute atomic E-state index is 1.05. The summed E-state index contributed by atoms with van der Waals surface area (Å²) >= 11 is 2.08. The first-order valence-corrected chi connectivity index (χ1v) is 3.86. The number of hydrogen-bond donors (Lipinski definition) is 0. The van der Waals surface area contributed by atoms with E-state index < -0.39 is 0 Å². The van der Waals surface area contributed by atoms with E-state index in [1.165, 1.54) is 0 Å². The first kappa shape index (κ1) is 7.81. The molecule has 0 heterocycles. The quantitative estimate of drug-likeness (QED) is 0.453. The van der Waals surface area contributed by atoms with Crippen molar-refractivity contribution in [2.24, 2.45) is 0 Å². The summed E-state index contributed by atoms with van der Waals surface area (Å²) < 4.78 is 1.68. The number of nitrogens with zero attached hydrogens (tertiary/aromatic N) is 1. The summed E-state index contributed by atoms with van der Waals surface area (Å²) in [6, 6.07) is 9.88. The lowest BCUT2D eigenvalue weighted by molar-refractivity contribution is 0.236. The third-order valence-corrected chi connectivity index (χ3v) is 2.07. The van der Waals surface area contributed by atoms with Crippen molar-refractivity contribution in [1.82, 2.24) is 0 Å². The van der Waals surface area contributed by atoms with Crippen molar-refractivity contribution in [3.63, 3.8) is 0 Å². The van der Waals surface area contributed by atoms with Gasteiger partial charge in [-0.25, -0.2) is 0 Å². The molecular weight excluding hydrogens is 241 g/mol. The van der Waals surface area contributed by atoms with Crippen LogP contribution in [0, 0.1) is 0 Å². The van der Waals surface area contributed by atoms with E-state index in [4.69, 9.17) is 4.84 Å². The van der Waals surface area contributed by atoms with E-state index in [1.54, 1.807) is 10.4 Å². The standard InChI is InChI=1S/C7H8INO/c1-10-9(8)7-5-3-2-4-6-7/h2-6H,1H3. The van der Waals surface area contributed by atoms with E-state index in [0.717, 1.165) is 5.69 Å². The maximum absolute atomic E-state index is 4.96. The van der Waals surface area contributed by atoms with Crippen LogP contribution in [-0.4, -0.2) is 7.11 Å². The number of rotatable bonds is 2. The number of halogens is 1. The zero-order valence-corrected chi connectivity index (χ0v) is 7.78. The highest BCUT2D eigenvalue weighted by molar-refractivity contribution is 14.1. The summed E-state index contributed by atoms with van der Waals surface area (Å²) in [5.41, 5.74) is 1.05. The van der Waals surface area contributed by atoms with Crippen molar-refractivity contribution in [3.8, 4) is 0 Å². The summed E-state index contributed by atoms with van der Waals surface area (Å²) in [6.45, 7) is 0. The number of anilines is 1. The van der Waals surface area contributed by atoms with Crippen LogP contribution in [0.1, 0.15) is 0 Å². The molecule has 54 valence electrons. The molecule has 10 heavy (non-hydrogen) atoms. The van der Waals surface area contributed by atoms with E-state index in [1.807, 2.05) is 30.3 Å². The van der Waals surface area contributed by atoms with Crippen molar-refractivity contribution >= 4 is 28.6 Å². The Morgan fingerprint density at radius 2 is 1.90 bits per heavy atom. The highest BCUT2D eigenvalue weighted by Gasteiger charge is 1.96. The molecule has 0 bridgehead atoms. The van der Waals surface area contributed by atoms with E-state index in [2.05, 4.69) is 22.9 Å². The second-order valence-corrected chi connectivity index (χ2v) is 2.64. The smallest absolute Gasteiger partial charge is 0.0905 e. The highest BCUT2D eigenvalue weighted by atomic mass is 127. The van der Waals surface area contributed by atoms with Gasteiger partial charge in [0.15, 0.2) is 0 Å². The molecule has 0 atom stereocenters. The molecule has 0 aliphatic carbocycles. The predicted molar refractivity (Wildman–Crippen MR) is 50.0 cm³/mol. The lowest BCUT2D eigenvalue weighted by Gasteiger charge is -2.11. The minimum atomic E-state index is 1.05. The second kappa shape index (κ2) is 3.78. The van der Waals surface area contributed by atoms with Gasteiger partial charge in [-0.2, -0.15) is 3.28 Å². The van der Waals surface area contributed by atoms with Crippen molar-refractivity contribution in [2.75, 3.05) is 10.4 Å².